The Morgan fingerprint density at radius 3 is 2.44 bits per heavy atom. The average Bonchev–Trinajstić information content (AvgIpc) is 3.48. The highest BCUT2D eigenvalue weighted by molar-refractivity contribution is 6.31. The molecule has 0 saturated carbocycles. The van der Waals surface area contributed by atoms with Crippen LogP contribution in [0.4, 0.5) is 27.6 Å². The Morgan fingerprint density at radius 2 is 1.67 bits per heavy atom. The zero-order valence-electron chi connectivity index (χ0n) is 21.8. The Kier molecular flexibility index (Phi) is 6.92. The maximum atomic E-state index is 14.2. The van der Waals surface area contributed by atoms with Gasteiger partial charge in [0.15, 0.2) is 0 Å². The molecular formula is C31H19ClF5N3O3. The molecule has 0 saturated heterocycles. The van der Waals surface area contributed by atoms with E-state index in [4.69, 9.17) is 11.6 Å². The standard InChI is InChI=1S/C31H19ClF5N3O3/c32-24-4-2-19(33)12-22(24)27-26-23(30(43)40-27)7-15(5-14-1-3-21-17(6-14)13-38-29(21)42)8-25(26)39-28(41)16-9-18(31(35,36)37)11-20(34)10-16/h1-4,6-12,27H,5,13H2,(H,38,42)(H,39,41)(H,40,43)/t27-/m1/s1. The number of anilines is 1. The summed E-state index contributed by atoms with van der Waals surface area (Å²) in [5, 5.41) is 8.13. The molecule has 4 aromatic rings. The Balaban J connectivity index is 1.44. The van der Waals surface area contributed by atoms with Crippen molar-refractivity contribution in [1.82, 2.24) is 10.6 Å². The van der Waals surface area contributed by atoms with Crippen LogP contribution in [-0.4, -0.2) is 17.7 Å². The van der Waals surface area contributed by atoms with Gasteiger partial charge in [0, 0.05) is 45.1 Å². The summed E-state index contributed by atoms with van der Waals surface area (Å²) in [7, 11) is 0. The van der Waals surface area contributed by atoms with E-state index in [0.29, 0.717) is 29.8 Å². The zero-order chi connectivity index (χ0) is 30.6. The summed E-state index contributed by atoms with van der Waals surface area (Å²) in [5.41, 5.74) is 1.31. The van der Waals surface area contributed by atoms with E-state index >= 15 is 0 Å². The number of alkyl halides is 3. The molecule has 0 radical (unpaired) electrons. The molecular weight excluding hydrogens is 593 g/mol. The van der Waals surface area contributed by atoms with Crippen LogP contribution in [-0.2, 0) is 19.1 Å². The van der Waals surface area contributed by atoms with Crippen molar-refractivity contribution in [2.45, 2.75) is 25.2 Å². The Hall–Kier alpha value is -4.77. The smallest absolute Gasteiger partial charge is 0.348 e. The summed E-state index contributed by atoms with van der Waals surface area (Å²) in [5.74, 6) is -3.69. The molecule has 2 heterocycles. The molecule has 3 amide bonds. The van der Waals surface area contributed by atoms with Crippen LogP contribution in [0.15, 0.2) is 66.7 Å². The lowest BCUT2D eigenvalue weighted by molar-refractivity contribution is -0.137. The van der Waals surface area contributed by atoms with Crippen molar-refractivity contribution in [3.05, 3.63) is 133 Å². The minimum absolute atomic E-state index is 0.0389. The molecule has 0 bridgehead atoms. The lowest BCUT2D eigenvalue weighted by atomic mass is 9.92. The van der Waals surface area contributed by atoms with Crippen LogP contribution >= 0.6 is 11.6 Å². The monoisotopic (exact) mass is 611 g/mol. The van der Waals surface area contributed by atoms with E-state index in [1.165, 1.54) is 12.1 Å². The van der Waals surface area contributed by atoms with E-state index in [0.717, 1.165) is 23.3 Å². The first kappa shape index (κ1) is 28.4. The summed E-state index contributed by atoms with van der Waals surface area (Å²) in [6.45, 7) is 0.361. The summed E-state index contributed by atoms with van der Waals surface area (Å²) < 4.78 is 68.3. The fourth-order valence-corrected chi connectivity index (χ4v) is 5.60. The normalized spacial score (nSPS) is 15.5. The number of halogens is 6. The quantitative estimate of drug-likeness (QED) is 0.224. The highest BCUT2D eigenvalue weighted by atomic mass is 35.5. The molecule has 0 fully saturated rings. The Morgan fingerprint density at radius 1 is 0.884 bits per heavy atom. The largest absolute Gasteiger partial charge is 0.416 e. The van der Waals surface area contributed by atoms with Gasteiger partial charge in [-0.15, -0.1) is 0 Å². The van der Waals surface area contributed by atoms with Gasteiger partial charge in [-0.25, -0.2) is 8.78 Å². The van der Waals surface area contributed by atoms with Gasteiger partial charge in [-0.1, -0.05) is 23.7 Å². The lowest BCUT2D eigenvalue weighted by Crippen LogP contribution is -2.21. The first-order valence-corrected chi connectivity index (χ1v) is 13.3. The van der Waals surface area contributed by atoms with E-state index in [1.807, 2.05) is 6.07 Å². The molecule has 3 N–H and O–H groups in total. The third-order valence-corrected chi connectivity index (χ3v) is 7.66. The number of rotatable bonds is 5. The minimum Gasteiger partial charge on any atom is -0.348 e. The zero-order valence-corrected chi connectivity index (χ0v) is 22.6. The molecule has 6 rings (SSSR count). The Labute approximate surface area is 245 Å². The highest BCUT2D eigenvalue weighted by Crippen LogP contribution is 2.41. The number of fused-ring (bicyclic) bond motifs is 2. The number of benzene rings is 4. The van der Waals surface area contributed by atoms with Gasteiger partial charge in [0.05, 0.1) is 11.6 Å². The van der Waals surface area contributed by atoms with Crippen molar-refractivity contribution in [1.29, 1.82) is 0 Å². The van der Waals surface area contributed by atoms with E-state index in [-0.39, 0.29) is 45.8 Å². The van der Waals surface area contributed by atoms with Crippen LogP contribution < -0.4 is 16.0 Å². The molecule has 2 aliphatic heterocycles. The summed E-state index contributed by atoms with van der Waals surface area (Å²) in [4.78, 5) is 38.3. The molecule has 218 valence electrons. The maximum Gasteiger partial charge on any atom is 0.416 e. The van der Waals surface area contributed by atoms with E-state index in [9.17, 15) is 36.3 Å². The SMILES string of the molecule is O=C(Nc1cc(Cc2ccc3c(c2)CNC3=O)cc2c1[C@@H](c1cc(F)ccc1Cl)NC2=O)c1cc(F)cc(C(F)(F)F)c1. The first-order chi connectivity index (χ1) is 20.4. The molecule has 1 atom stereocenters. The molecule has 43 heavy (non-hydrogen) atoms. The van der Waals surface area contributed by atoms with Gasteiger partial charge in [-0.3, -0.25) is 14.4 Å². The fourth-order valence-electron chi connectivity index (χ4n) is 5.38. The van der Waals surface area contributed by atoms with Gasteiger partial charge in [-0.05, 0) is 77.7 Å². The third-order valence-electron chi connectivity index (χ3n) is 7.32. The topological polar surface area (TPSA) is 87.3 Å². The average molecular weight is 612 g/mol. The van der Waals surface area contributed by atoms with Crippen molar-refractivity contribution in [3.8, 4) is 0 Å². The van der Waals surface area contributed by atoms with Gasteiger partial charge in [0.25, 0.3) is 17.7 Å². The van der Waals surface area contributed by atoms with E-state index in [1.54, 1.807) is 18.2 Å². The lowest BCUT2D eigenvalue weighted by Gasteiger charge is -2.19. The van der Waals surface area contributed by atoms with Crippen LogP contribution in [0.3, 0.4) is 0 Å². The number of carbonyl (C=O) groups excluding carboxylic acids is 3. The van der Waals surface area contributed by atoms with E-state index < -0.39 is 46.8 Å². The van der Waals surface area contributed by atoms with Crippen LogP contribution in [0, 0.1) is 11.6 Å². The van der Waals surface area contributed by atoms with Gasteiger partial charge in [0.1, 0.15) is 11.6 Å². The fraction of sp³-hybridized carbons (Fsp3) is 0.129. The Bertz CT molecular complexity index is 1860. The highest BCUT2D eigenvalue weighted by Gasteiger charge is 2.36. The van der Waals surface area contributed by atoms with Crippen molar-refractivity contribution in [3.63, 3.8) is 0 Å². The molecule has 0 aromatic heterocycles. The summed E-state index contributed by atoms with van der Waals surface area (Å²) >= 11 is 6.33. The number of nitrogens with one attached hydrogen (secondary N) is 3. The molecule has 0 aliphatic carbocycles. The minimum atomic E-state index is -4.90. The van der Waals surface area contributed by atoms with Gasteiger partial charge in [0.2, 0.25) is 0 Å². The van der Waals surface area contributed by atoms with Crippen LogP contribution in [0.2, 0.25) is 5.02 Å². The molecule has 2 aliphatic rings. The number of hydrogen-bond donors (Lipinski definition) is 3. The molecule has 0 spiro atoms. The second-order valence-electron chi connectivity index (χ2n) is 10.2. The molecule has 6 nitrogen and oxygen atoms in total. The van der Waals surface area contributed by atoms with Crippen LogP contribution in [0.1, 0.15) is 70.5 Å². The maximum absolute atomic E-state index is 14.2. The predicted octanol–water partition coefficient (Wildman–Crippen LogP) is 6.56. The molecule has 12 heteroatoms. The summed E-state index contributed by atoms with van der Waals surface area (Å²) in [6.07, 6.45) is -4.64. The van der Waals surface area contributed by atoms with Crippen LogP contribution in [0.5, 0.6) is 0 Å². The third kappa shape index (κ3) is 5.43. The van der Waals surface area contributed by atoms with Gasteiger partial charge < -0.3 is 16.0 Å². The van der Waals surface area contributed by atoms with Gasteiger partial charge >= 0.3 is 6.18 Å². The number of hydrogen-bond acceptors (Lipinski definition) is 3. The van der Waals surface area contributed by atoms with Crippen molar-refractivity contribution in [2.75, 3.05) is 5.32 Å². The van der Waals surface area contributed by atoms with E-state index in [2.05, 4.69) is 16.0 Å². The number of amides is 3. The second-order valence-corrected chi connectivity index (χ2v) is 10.6. The molecule has 4 aromatic carbocycles. The predicted molar refractivity (Wildman–Crippen MR) is 147 cm³/mol. The van der Waals surface area contributed by atoms with Crippen molar-refractivity contribution < 1.29 is 36.3 Å². The molecule has 0 unspecified atom stereocenters. The van der Waals surface area contributed by atoms with Crippen molar-refractivity contribution in [2.24, 2.45) is 0 Å². The van der Waals surface area contributed by atoms with Crippen molar-refractivity contribution >= 4 is 35.0 Å². The second kappa shape index (κ2) is 10.5. The summed E-state index contributed by atoms with van der Waals surface area (Å²) in [6, 6.07) is 12.4. The number of carbonyl (C=O) groups is 3. The van der Waals surface area contributed by atoms with Gasteiger partial charge in [-0.2, -0.15) is 13.2 Å². The van der Waals surface area contributed by atoms with Crippen LogP contribution in [0.25, 0.3) is 0 Å². The first-order valence-electron chi connectivity index (χ1n) is 12.9.